The molecule has 3 aromatic rings. The van der Waals surface area contributed by atoms with Crippen LogP contribution in [0.5, 0.6) is 0 Å². The Hall–Kier alpha value is -2.42. The molecule has 0 N–H and O–H groups in total. The maximum absolute atomic E-state index is 12.3. The van der Waals surface area contributed by atoms with Gasteiger partial charge in [-0.05, 0) is 50.0 Å². The second kappa shape index (κ2) is 10.6. The Labute approximate surface area is 186 Å². The quantitative estimate of drug-likeness (QED) is 0.428. The summed E-state index contributed by atoms with van der Waals surface area (Å²) in [5, 5.41) is 0. The Morgan fingerprint density at radius 2 is 1.20 bits per heavy atom. The number of benzene rings is 3. The smallest absolute Gasteiger partial charge is 0.162 e. The largest absolute Gasteiger partial charge is 0.303 e. The molecule has 0 aliphatic carbocycles. The van der Waals surface area contributed by atoms with Crippen LogP contribution in [0.15, 0.2) is 91.0 Å². The molecular formula is C27H30ClNO. The Balaban J connectivity index is 0.00000256. The third-order valence-corrected chi connectivity index (χ3v) is 6.34. The highest BCUT2D eigenvalue weighted by Crippen LogP contribution is 2.41. The number of carbonyl (C=O) groups is 1. The third-order valence-electron chi connectivity index (χ3n) is 6.34. The standard InChI is InChI=1S/C27H29NO.ClH/c29-26(23-11-4-1-5-12-23)17-10-20-28-21-18-27(19-22-28,24-13-6-2-7-14-24)25-15-8-3-9-16-25;/h1-9,11-16H,10,17-22H2;1H. The van der Waals surface area contributed by atoms with E-state index >= 15 is 0 Å². The van der Waals surface area contributed by atoms with Crippen LogP contribution in [-0.4, -0.2) is 30.3 Å². The summed E-state index contributed by atoms with van der Waals surface area (Å²) in [5.74, 6) is 0.255. The molecule has 1 fully saturated rings. The van der Waals surface area contributed by atoms with Crippen LogP contribution in [0.4, 0.5) is 0 Å². The van der Waals surface area contributed by atoms with E-state index in [0.29, 0.717) is 6.42 Å². The predicted molar refractivity (Wildman–Crippen MR) is 127 cm³/mol. The summed E-state index contributed by atoms with van der Waals surface area (Å²) in [6.07, 6.45) is 3.79. The summed E-state index contributed by atoms with van der Waals surface area (Å²) in [6.45, 7) is 3.14. The zero-order valence-electron chi connectivity index (χ0n) is 17.4. The van der Waals surface area contributed by atoms with Gasteiger partial charge < -0.3 is 4.90 Å². The molecule has 1 saturated heterocycles. The lowest BCUT2D eigenvalue weighted by atomic mass is 9.68. The Kier molecular flexibility index (Phi) is 7.84. The summed E-state index contributed by atoms with van der Waals surface area (Å²) in [4.78, 5) is 14.9. The number of halogens is 1. The first-order valence-electron chi connectivity index (χ1n) is 10.7. The number of rotatable bonds is 7. The van der Waals surface area contributed by atoms with Gasteiger partial charge in [0.1, 0.15) is 0 Å². The van der Waals surface area contributed by atoms with E-state index in [0.717, 1.165) is 44.5 Å². The highest BCUT2D eigenvalue weighted by Gasteiger charge is 2.37. The zero-order chi connectivity index (χ0) is 19.9. The SMILES string of the molecule is Cl.O=C(CCCN1CCC(c2ccccc2)(c2ccccc2)CC1)c1ccccc1. The van der Waals surface area contributed by atoms with Crippen molar-refractivity contribution in [3.05, 3.63) is 108 Å². The number of hydrogen-bond acceptors (Lipinski definition) is 2. The molecule has 0 unspecified atom stereocenters. The van der Waals surface area contributed by atoms with Crippen molar-refractivity contribution in [2.45, 2.75) is 31.1 Å². The van der Waals surface area contributed by atoms with Crippen molar-refractivity contribution in [3.8, 4) is 0 Å². The van der Waals surface area contributed by atoms with E-state index in [4.69, 9.17) is 0 Å². The van der Waals surface area contributed by atoms with Gasteiger partial charge in [0, 0.05) is 17.4 Å². The highest BCUT2D eigenvalue weighted by atomic mass is 35.5. The molecule has 0 saturated carbocycles. The van der Waals surface area contributed by atoms with Crippen molar-refractivity contribution in [2.75, 3.05) is 19.6 Å². The van der Waals surface area contributed by atoms with E-state index in [2.05, 4.69) is 65.6 Å². The molecule has 0 radical (unpaired) electrons. The second-order valence-electron chi connectivity index (χ2n) is 8.05. The molecule has 0 amide bonds. The number of nitrogens with zero attached hydrogens (tertiary/aromatic N) is 1. The summed E-state index contributed by atoms with van der Waals surface area (Å²) >= 11 is 0. The number of Topliss-reactive ketones (excluding diaryl/α,β-unsaturated/α-hetero) is 1. The molecule has 4 rings (SSSR count). The normalized spacial score (nSPS) is 15.9. The van der Waals surface area contributed by atoms with Gasteiger partial charge in [0.15, 0.2) is 5.78 Å². The van der Waals surface area contributed by atoms with E-state index in [9.17, 15) is 4.79 Å². The Bertz CT molecular complexity index is 862. The molecule has 0 atom stereocenters. The molecule has 3 aromatic carbocycles. The van der Waals surface area contributed by atoms with Gasteiger partial charge in [-0.3, -0.25) is 4.79 Å². The van der Waals surface area contributed by atoms with Crippen molar-refractivity contribution >= 4 is 18.2 Å². The fourth-order valence-electron chi connectivity index (χ4n) is 4.65. The van der Waals surface area contributed by atoms with E-state index in [-0.39, 0.29) is 23.6 Å². The molecule has 2 nitrogen and oxygen atoms in total. The molecule has 0 bridgehead atoms. The number of hydrogen-bond donors (Lipinski definition) is 0. The van der Waals surface area contributed by atoms with Crippen LogP contribution in [0.2, 0.25) is 0 Å². The minimum Gasteiger partial charge on any atom is -0.303 e. The van der Waals surface area contributed by atoms with E-state index < -0.39 is 0 Å². The van der Waals surface area contributed by atoms with Crippen LogP contribution in [0.3, 0.4) is 0 Å². The second-order valence-corrected chi connectivity index (χ2v) is 8.05. The average Bonchev–Trinajstić information content (AvgIpc) is 2.81. The number of piperidine rings is 1. The molecule has 1 aliphatic rings. The average molecular weight is 420 g/mol. The summed E-state index contributed by atoms with van der Waals surface area (Å²) < 4.78 is 0. The molecule has 0 spiro atoms. The van der Waals surface area contributed by atoms with Gasteiger partial charge in [0.25, 0.3) is 0 Å². The minimum absolute atomic E-state index is 0. The summed E-state index contributed by atoms with van der Waals surface area (Å²) in [7, 11) is 0. The molecule has 156 valence electrons. The number of likely N-dealkylation sites (tertiary alicyclic amines) is 1. The molecule has 30 heavy (non-hydrogen) atoms. The summed E-state index contributed by atoms with van der Waals surface area (Å²) in [5.41, 5.74) is 3.77. The number of carbonyl (C=O) groups excluding carboxylic acids is 1. The predicted octanol–water partition coefficient (Wildman–Crippen LogP) is 6.15. The van der Waals surface area contributed by atoms with Gasteiger partial charge in [0.2, 0.25) is 0 Å². The van der Waals surface area contributed by atoms with E-state index in [1.807, 2.05) is 30.3 Å². The molecule has 0 aromatic heterocycles. The van der Waals surface area contributed by atoms with Gasteiger partial charge in [-0.25, -0.2) is 0 Å². The van der Waals surface area contributed by atoms with Crippen LogP contribution in [-0.2, 0) is 5.41 Å². The van der Waals surface area contributed by atoms with Gasteiger partial charge in [0.05, 0.1) is 0 Å². The van der Waals surface area contributed by atoms with Crippen LogP contribution in [0, 0.1) is 0 Å². The lowest BCUT2D eigenvalue weighted by molar-refractivity contribution is 0.0970. The molecular weight excluding hydrogens is 390 g/mol. The van der Waals surface area contributed by atoms with E-state index in [1.165, 1.54) is 11.1 Å². The first-order chi connectivity index (χ1) is 14.3. The van der Waals surface area contributed by atoms with Crippen LogP contribution < -0.4 is 0 Å². The van der Waals surface area contributed by atoms with Crippen molar-refractivity contribution in [1.82, 2.24) is 4.90 Å². The lowest BCUT2D eigenvalue weighted by Crippen LogP contribution is -2.43. The van der Waals surface area contributed by atoms with Crippen molar-refractivity contribution in [3.63, 3.8) is 0 Å². The fraction of sp³-hybridized carbons (Fsp3) is 0.296. The first-order valence-corrected chi connectivity index (χ1v) is 10.7. The monoisotopic (exact) mass is 419 g/mol. The van der Waals surface area contributed by atoms with Gasteiger partial charge in [-0.1, -0.05) is 91.0 Å². The first kappa shape index (κ1) is 22.3. The van der Waals surface area contributed by atoms with Crippen molar-refractivity contribution in [2.24, 2.45) is 0 Å². The highest BCUT2D eigenvalue weighted by molar-refractivity contribution is 5.95. The topological polar surface area (TPSA) is 20.3 Å². The summed E-state index contributed by atoms with van der Waals surface area (Å²) in [6, 6.07) is 31.6. The van der Waals surface area contributed by atoms with E-state index in [1.54, 1.807) is 0 Å². The molecule has 1 heterocycles. The molecule has 3 heteroatoms. The van der Waals surface area contributed by atoms with Crippen molar-refractivity contribution < 1.29 is 4.79 Å². The zero-order valence-corrected chi connectivity index (χ0v) is 18.2. The number of ketones is 1. The Morgan fingerprint density at radius 3 is 1.70 bits per heavy atom. The maximum atomic E-state index is 12.3. The van der Waals surface area contributed by atoms with Crippen LogP contribution in [0.25, 0.3) is 0 Å². The third kappa shape index (κ3) is 5.00. The Morgan fingerprint density at radius 1 is 0.733 bits per heavy atom. The fourth-order valence-corrected chi connectivity index (χ4v) is 4.65. The lowest BCUT2D eigenvalue weighted by Gasteiger charge is -2.43. The van der Waals surface area contributed by atoms with Gasteiger partial charge >= 0.3 is 0 Å². The van der Waals surface area contributed by atoms with Crippen LogP contribution in [0.1, 0.15) is 47.2 Å². The van der Waals surface area contributed by atoms with Crippen LogP contribution >= 0.6 is 12.4 Å². The minimum atomic E-state index is 0. The van der Waals surface area contributed by atoms with Crippen molar-refractivity contribution in [1.29, 1.82) is 0 Å². The maximum Gasteiger partial charge on any atom is 0.162 e. The molecule has 1 aliphatic heterocycles. The van der Waals surface area contributed by atoms with Gasteiger partial charge in [-0.2, -0.15) is 0 Å². The van der Waals surface area contributed by atoms with Gasteiger partial charge in [-0.15, -0.1) is 12.4 Å².